The molecule has 4 heteroatoms. The van der Waals surface area contributed by atoms with E-state index in [0.717, 1.165) is 17.3 Å². The van der Waals surface area contributed by atoms with Gasteiger partial charge in [-0.25, -0.2) is 4.98 Å². The highest BCUT2D eigenvalue weighted by atomic mass is 15.1. The first-order valence-electron chi connectivity index (χ1n) is 5.82. The molecular formula is C12H20N4. The largest absolute Gasteiger partial charge is 0.365 e. The number of nitrogens with one attached hydrogen (secondary N) is 2. The standard InChI is InChI=1S/C12H20N4/c1-8-7-14-11(13-4)15-10(8)16-12(2,3)9-5-6-9/h7,9H,5-6H2,1-4H3,(H2,13,14,15,16). The van der Waals surface area contributed by atoms with E-state index >= 15 is 0 Å². The molecule has 2 N–H and O–H groups in total. The molecule has 1 saturated carbocycles. The second-order valence-electron chi connectivity index (χ2n) is 5.10. The zero-order valence-electron chi connectivity index (χ0n) is 10.5. The van der Waals surface area contributed by atoms with Gasteiger partial charge in [-0.3, -0.25) is 0 Å². The predicted molar refractivity (Wildman–Crippen MR) is 66.7 cm³/mol. The molecule has 16 heavy (non-hydrogen) atoms. The van der Waals surface area contributed by atoms with Crippen molar-refractivity contribution in [1.29, 1.82) is 0 Å². The van der Waals surface area contributed by atoms with Crippen LogP contribution in [0.15, 0.2) is 6.20 Å². The van der Waals surface area contributed by atoms with E-state index in [0.29, 0.717) is 5.95 Å². The van der Waals surface area contributed by atoms with E-state index in [1.54, 1.807) is 0 Å². The summed E-state index contributed by atoms with van der Waals surface area (Å²) in [7, 11) is 1.83. The summed E-state index contributed by atoms with van der Waals surface area (Å²) in [6.07, 6.45) is 4.50. The molecule has 0 aliphatic heterocycles. The van der Waals surface area contributed by atoms with E-state index in [9.17, 15) is 0 Å². The lowest BCUT2D eigenvalue weighted by molar-refractivity contribution is 0.492. The molecule has 0 saturated heterocycles. The lowest BCUT2D eigenvalue weighted by Gasteiger charge is -2.27. The Balaban J connectivity index is 2.19. The Kier molecular flexibility index (Phi) is 2.74. The van der Waals surface area contributed by atoms with Crippen LogP contribution in [-0.4, -0.2) is 22.6 Å². The molecule has 1 heterocycles. The van der Waals surface area contributed by atoms with Crippen LogP contribution in [0.3, 0.4) is 0 Å². The lowest BCUT2D eigenvalue weighted by Crippen LogP contribution is -2.34. The molecule has 0 spiro atoms. The van der Waals surface area contributed by atoms with Crippen molar-refractivity contribution < 1.29 is 0 Å². The number of aromatic nitrogens is 2. The molecular weight excluding hydrogens is 200 g/mol. The second kappa shape index (κ2) is 3.92. The van der Waals surface area contributed by atoms with Gasteiger partial charge in [-0.15, -0.1) is 0 Å². The van der Waals surface area contributed by atoms with Gasteiger partial charge in [-0.1, -0.05) is 0 Å². The van der Waals surface area contributed by atoms with Crippen LogP contribution < -0.4 is 10.6 Å². The molecule has 1 aromatic heterocycles. The summed E-state index contributed by atoms with van der Waals surface area (Å²) < 4.78 is 0. The molecule has 88 valence electrons. The molecule has 0 radical (unpaired) electrons. The molecule has 1 aromatic rings. The Morgan fingerprint density at radius 2 is 2.06 bits per heavy atom. The van der Waals surface area contributed by atoms with Gasteiger partial charge < -0.3 is 10.6 Å². The predicted octanol–water partition coefficient (Wildman–Crippen LogP) is 2.43. The summed E-state index contributed by atoms with van der Waals surface area (Å²) in [5.41, 5.74) is 1.22. The third-order valence-corrected chi connectivity index (χ3v) is 3.23. The first-order chi connectivity index (χ1) is 7.53. The number of nitrogens with zero attached hydrogens (tertiary/aromatic N) is 2. The van der Waals surface area contributed by atoms with Crippen molar-refractivity contribution in [2.24, 2.45) is 5.92 Å². The number of aryl methyl sites for hydroxylation is 1. The van der Waals surface area contributed by atoms with E-state index in [2.05, 4.69) is 34.4 Å². The number of rotatable bonds is 4. The summed E-state index contributed by atoms with van der Waals surface area (Å²) in [6, 6.07) is 0. The van der Waals surface area contributed by atoms with E-state index in [1.807, 2.05) is 20.2 Å². The molecule has 0 bridgehead atoms. The van der Waals surface area contributed by atoms with Crippen molar-refractivity contribution >= 4 is 11.8 Å². The molecule has 2 rings (SSSR count). The third-order valence-electron chi connectivity index (χ3n) is 3.23. The zero-order chi connectivity index (χ0) is 11.8. The number of anilines is 2. The van der Waals surface area contributed by atoms with Gasteiger partial charge in [-0.2, -0.15) is 4.98 Å². The van der Waals surface area contributed by atoms with Gasteiger partial charge in [0.15, 0.2) is 0 Å². The fraction of sp³-hybridized carbons (Fsp3) is 0.667. The maximum absolute atomic E-state index is 4.45. The van der Waals surface area contributed by atoms with E-state index < -0.39 is 0 Å². The number of hydrogen-bond donors (Lipinski definition) is 2. The smallest absolute Gasteiger partial charge is 0.224 e. The fourth-order valence-corrected chi connectivity index (χ4v) is 1.90. The van der Waals surface area contributed by atoms with E-state index in [1.165, 1.54) is 12.8 Å². The summed E-state index contributed by atoms with van der Waals surface area (Å²) in [5, 5.41) is 6.50. The van der Waals surface area contributed by atoms with Crippen LogP contribution in [0.25, 0.3) is 0 Å². The van der Waals surface area contributed by atoms with E-state index in [4.69, 9.17) is 0 Å². The Hall–Kier alpha value is -1.32. The molecule has 0 unspecified atom stereocenters. The van der Waals surface area contributed by atoms with Gasteiger partial charge >= 0.3 is 0 Å². The first-order valence-corrected chi connectivity index (χ1v) is 5.82. The van der Waals surface area contributed by atoms with E-state index in [-0.39, 0.29) is 5.54 Å². The van der Waals surface area contributed by atoms with Gasteiger partial charge in [0.2, 0.25) is 5.95 Å². The quantitative estimate of drug-likeness (QED) is 0.818. The summed E-state index contributed by atoms with van der Waals surface area (Å²) in [4.78, 5) is 8.64. The van der Waals surface area contributed by atoms with Crippen molar-refractivity contribution in [1.82, 2.24) is 9.97 Å². The maximum Gasteiger partial charge on any atom is 0.224 e. The van der Waals surface area contributed by atoms with Crippen LogP contribution in [0, 0.1) is 12.8 Å². The Labute approximate surface area is 96.9 Å². The minimum absolute atomic E-state index is 0.129. The van der Waals surface area contributed by atoms with Crippen molar-refractivity contribution in [3.63, 3.8) is 0 Å². The van der Waals surface area contributed by atoms with Crippen molar-refractivity contribution in [3.8, 4) is 0 Å². The Bertz CT molecular complexity index is 383. The fourth-order valence-electron chi connectivity index (χ4n) is 1.90. The van der Waals surface area contributed by atoms with Crippen molar-refractivity contribution in [3.05, 3.63) is 11.8 Å². The highest BCUT2D eigenvalue weighted by Crippen LogP contribution is 2.41. The molecule has 0 atom stereocenters. The third kappa shape index (κ3) is 2.26. The van der Waals surface area contributed by atoms with Gasteiger partial charge in [-0.05, 0) is 39.5 Å². The van der Waals surface area contributed by atoms with Crippen LogP contribution in [0.4, 0.5) is 11.8 Å². The average Bonchev–Trinajstić information content (AvgIpc) is 3.04. The van der Waals surface area contributed by atoms with Crippen molar-refractivity contribution in [2.75, 3.05) is 17.7 Å². The van der Waals surface area contributed by atoms with Crippen LogP contribution in [0.1, 0.15) is 32.3 Å². The Morgan fingerprint density at radius 3 is 2.62 bits per heavy atom. The molecule has 1 aliphatic carbocycles. The normalized spacial score (nSPS) is 16.0. The summed E-state index contributed by atoms with van der Waals surface area (Å²) in [5.74, 6) is 2.39. The van der Waals surface area contributed by atoms with Gasteiger partial charge in [0, 0.05) is 24.3 Å². The second-order valence-corrected chi connectivity index (χ2v) is 5.10. The monoisotopic (exact) mass is 220 g/mol. The SMILES string of the molecule is CNc1ncc(C)c(NC(C)(C)C2CC2)n1. The Morgan fingerprint density at radius 1 is 1.38 bits per heavy atom. The topological polar surface area (TPSA) is 49.8 Å². The van der Waals surface area contributed by atoms with Crippen molar-refractivity contribution in [2.45, 2.75) is 39.2 Å². The number of hydrogen-bond acceptors (Lipinski definition) is 4. The van der Waals surface area contributed by atoms with Crippen LogP contribution in [0.5, 0.6) is 0 Å². The molecule has 4 nitrogen and oxygen atoms in total. The lowest BCUT2D eigenvalue weighted by atomic mass is 9.98. The highest BCUT2D eigenvalue weighted by molar-refractivity contribution is 5.48. The first kappa shape index (κ1) is 11.2. The molecule has 1 fully saturated rings. The molecule has 0 amide bonds. The minimum atomic E-state index is 0.129. The summed E-state index contributed by atoms with van der Waals surface area (Å²) in [6.45, 7) is 6.52. The minimum Gasteiger partial charge on any atom is -0.365 e. The molecule has 0 aromatic carbocycles. The zero-order valence-corrected chi connectivity index (χ0v) is 10.5. The van der Waals surface area contributed by atoms with Gasteiger partial charge in [0.25, 0.3) is 0 Å². The van der Waals surface area contributed by atoms with Crippen LogP contribution >= 0.6 is 0 Å². The van der Waals surface area contributed by atoms with Crippen LogP contribution in [-0.2, 0) is 0 Å². The van der Waals surface area contributed by atoms with Gasteiger partial charge in [0.1, 0.15) is 5.82 Å². The van der Waals surface area contributed by atoms with Crippen LogP contribution in [0.2, 0.25) is 0 Å². The van der Waals surface area contributed by atoms with Gasteiger partial charge in [0.05, 0.1) is 0 Å². The maximum atomic E-state index is 4.45. The average molecular weight is 220 g/mol. The summed E-state index contributed by atoms with van der Waals surface area (Å²) >= 11 is 0. The highest BCUT2D eigenvalue weighted by Gasteiger charge is 2.38. The molecule has 1 aliphatic rings.